The van der Waals surface area contributed by atoms with Crippen molar-refractivity contribution < 1.29 is 19.1 Å². The molecule has 7 nitrogen and oxygen atoms in total. The van der Waals surface area contributed by atoms with Crippen molar-refractivity contribution in [2.75, 3.05) is 13.8 Å². The number of fused-ring (bicyclic) bond motifs is 2. The standard InChI is InChI=1S/C18H16BrN3O4S3/c1-16(7-20)6-18-15(24)21(3)17(2,29(18)28-27)14(23)22(18)13(16)11-9(19)4-5-10-12(11)26-8-25-10/h4-5,13H,6,8H2,1-3H3/t13?,16-,17?,18?,29?/m1/s1. The van der Waals surface area contributed by atoms with Crippen molar-refractivity contribution in [1.29, 1.82) is 5.26 Å². The first kappa shape index (κ1) is 19.5. The largest absolute Gasteiger partial charge is 0.454 e. The zero-order chi connectivity index (χ0) is 20.9. The molecular formula is C18H16BrN3O4S3. The van der Waals surface area contributed by atoms with Crippen LogP contribution in [-0.4, -0.2) is 45.2 Å². The van der Waals surface area contributed by atoms with E-state index in [-0.39, 0.29) is 25.0 Å². The molecule has 3 saturated heterocycles. The van der Waals surface area contributed by atoms with E-state index >= 15 is 0 Å². The molecule has 0 saturated carbocycles. The van der Waals surface area contributed by atoms with Crippen molar-refractivity contribution in [2.45, 2.75) is 36.1 Å². The van der Waals surface area contributed by atoms with E-state index in [0.29, 0.717) is 21.5 Å². The maximum atomic E-state index is 13.8. The first-order valence-corrected chi connectivity index (χ1v) is 13.1. The lowest BCUT2D eigenvalue weighted by Gasteiger charge is -2.40. The van der Waals surface area contributed by atoms with Crippen LogP contribution in [0, 0.1) is 16.7 Å². The van der Waals surface area contributed by atoms with Gasteiger partial charge in [-0.15, -0.1) is 0 Å². The molecule has 4 unspecified atom stereocenters. The third kappa shape index (κ3) is 1.95. The number of ether oxygens (including phenoxy) is 2. The summed E-state index contributed by atoms with van der Waals surface area (Å²) in [7, 11) is 1.99. The van der Waals surface area contributed by atoms with Crippen molar-refractivity contribution >= 4 is 57.3 Å². The molecule has 5 rings (SSSR count). The van der Waals surface area contributed by atoms with Crippen LogP contribution in [0.1, 0.15) is 31.9 Å². The maximum Gasteiger partial charge on any atom is 0.261 e. The summed E-state index contributed by atoms with van der Waals surface area (Å²) in [4.78, 5) is 28.3. The zero-order valence-corrected chi connectivity index (χ0v) is 19.8. The molecule has 1 spiro atoms. The lowest BCUT2D eigenvalue weighted by atomic mass is 9.79. The zero-order valence-electron chi connectivity index (χ0n) is 15.7. The molecule has 1 aromatic carbocycles. The number of carbonyl (C=O) groups excluding carboxylic acids is 2. The summed E-state index contributed by atoms with van der Waals surface area (Å²) in [6, 6.07) is 5.35. The van der Waals surface area contributed by atoms with Crippen molar-refractivity contribution in [1.82, 2.24) is 9.80 Å². The van der Waals surface area contributed by atoms with Gasteiger partial charge in [-0.2, -0.15) is 5.26 Å². The van der Waals surface area contributed by atoms with Crippen LogP contribution >= 0.6 is 15.9 Å². The third-order valence-electron chi connectivity index (χ3n) is 6.54. The van der Waals surface area contributed by atoms with Gasteiger partial charge in [0.15, 0.2) is 21.2 Å². The topological polar surface area (TPSA) is 82.9 Å². The number of hydrogen-bond donors (Lipinski definition) is 0. The Morgan fingerprint density at radius 1 is 1.34 bits per heavy atom. The molecule has 4 heterocycles. The molecule has 11 heteroatoms. The van der Waals surface area contributed by atoms with Crippen molar-refractivity contribution in [3.63, 3.8) is 0 Å². The minimum absolute atomic E-state index is 0.0691. The second-order valence-corrected chi connectivity index (χ2v) is 13.6. The van der Waals surface area contributed by atoms with Gasteiger partial charge in [0.2, 0.25) is 6.79 Å². The number of nitriles is 1. The van der Waals surface area contributed by atoms with Gasteiger partial charge in [-0.1, -0.05) is 15.9 Å². The number of carbonyl (C=O) groups is 2. The minimum Gasteiger partial charge on any atom is -0.454 e. The molecule has 0 aliphatic carbocycles. The van der Waals surface area contributed by atoms with Crippen molar-refractivity contribution in [3.8, 4) is 17.6 Å². The molecule has 4 aliphatic rings. The molecule has 152 valence electrons. The highest BCUT2D eigenvalue weighted by Gasteiger charge is 2.81. The average Bonchev–Trinajstić information content (AvgIpc) is 3.35. The van der Waals surface area contributed by atoms with Gasteiger partial charge in [-0.3, -0.25) is 9.59 Å². The van der Waals surface area contributed by atoms with Crippen LogP contribution in [0.2, 0.25) is 0 Å². The van der Waals surface area contributed by atoms with E-state index in [0.717, 1.165) is 8.88 Å². The van der Waals surface area contributed by atoms with Gasteiger partial charge in [-0.05, 0) is 55.5 Å². The minimum atomic E-state index is -1.12. The van der Waals surface area contributed by atoms with Gasteiger partial charge in [0.1, 0.15) is 0 Å². The van der Waals surface area contributed by atoms with E-state index in [1.54, 1.807) is 31.9 Å². The fraction of sp³-hybridized carbons (Fsp3) is 0.500. The number of halogens is 1. The Kier molecular flexibility index (Phi) is 3.90. The lowest BCUT2D eigenvalue weighted by molar-refractivity contribution is -0.159. The number of hydrogen-bond acceptors (Lipinski definition) is 6. The van der Waals surface area contributed by atoms with Crippen LogP contribution in [0.5, 0.6) is 11.5 Å². The molecule has 0 radical (unpaired) electrons. The monoisotopic (exact) mass is 513 g/mol. The fourth-order valence-electron chi connectivity index (χ4n) is 5.12. The van der Waals surface area contributed by atoms with Gasteiger partial charge >= 0.3 is 0 Å². The molecule has 2 amide bonds. The number of piperazine rings is 1. The Morgan fingerprint density at radius 2 is 2.07 bits per heavy atom. The molecule has 29 heavy (non-hydrogen) atoms. The third-order valence-corrected chi connectivity index (χ3v) is 13.1. The summed E-state index contributed by atoms with van der Waals surface area (Å²) in [6.45, 7) is 3.66. The number of nitrogens with zero attached hydrogens (tertiary/aromatic N) is 3. The second kappa shape index (κ2) is 5.81. The Labute approximate surface area is 185 Å². The molecule has 2 bridgehead atoms. The molecular weight excluding hydrogens is 498 g/mol. The van der Waals surface area contributed by atoms with E-state index in [1.807, 2.05) is 6.07 Å². The van der Waals surface area contributed by atoms with Crippen LogP contribution in [0.25, 0.3) is 0 Å². The maximum absolute atomic E-state index is 13.8. The molecule has 0 N–H and O–H groups in total. The highest BCUT2D eigenvalue weighted by atomic mass is 79.9. The second-order valence-electron chi connectivity index (χ2n) is 7.95. The summed E-state index contributed by atoms with van der Waals surface area (Å²) < 4.78 is 12.0. The SMILES string of the molecule is CN1C(=O)C23C[C@](C)(C#N)C(c4c(Br)ccc5c4OCO5)N2C(=O)C1(C)S3=S=S. The van der Waals surface area contributed by atoms with Gasteiger partial charge in [0.25, 0.3) is 11.8 Å². The number of likely N-dealkylation sites (N-methyl/N-ethyl adjacent to an activating group) is 1. The summed E-state index contributed by atoms with van der Waals surface area (Å²) in [6.07, 6.45) is 0.232. The van der Waals surface area contributed by atoms with Crippen LogP contribution in [0.4, 0.5) is 0 Å². The Morgan fingerprint density at radius 3 is 2.72 bits per heavy atom. The number of amides is 2. The average molecular weight is 514 g/mol. The molecule has 4 aliphatic heterocycles. The highest BCUT2D eigenvalue weighted by molar-refractivity contribution is 9.10. The molecule has 5 atom stereocenters. The normalized spacial score (nSPS) is 39.1. The van der Waals surface area contributed by atoms with E-state index in [4.69, 9.17) is 20.7 Å². The quantitative estimate of drug-likeness (QED) is 0.570. The summed E-state index contributed by atoms with van der Waals surface area (Å²) in [5.41, 5.74) is -0.337. The van der Waals surface area contributed by atoms with Crippen LogP contribution in [-0.2, 0) is 39.1 Å². The van der Waals surface area contributed by atoms with E-state index in [9.17, 15) is 14.9 Å². The van der Waals surface area contributed by atoms with Crippen LogP contribution in [0.15, 0.2) is 16.6 Å². The number of rotatable bonds is 1. The van der Waals surface area contributed by atoms with E-state index < -0.39 is 30.7 Å². The predicted molar refractivity (Wildman–Crippen MR) is 114 cm³/mol. The molecule has 3 fully saturated rings. The first-order chi connectivity index (χ1) is 13.7. The summed E-state index contributed by atoms with van der Waals surface area (Å²) in [5, 5.41) is 10.2. The van der Waals surface area contributed by atoms with Crippen molar-refractivity contribution in [3.05, 3.63) is 22.2 Å². The highest BCUT2D eigenvalue weighted by Crippen LogP contribution is 2.67. The first-order valence-electron chi connectivity index (χ1n) is 8.84. The Bertz CT molecular complexity index is 1130. The number of benzene rings is 1. The lowest BCUT2D eigenvalue weighted by Crippen LogP contribution is -2.60. The molecule has 0 aromatic heterocycles. The summed E-state index contributed by atoms with van der Waals surface area (Å²) in [5.74, 6) is 0.751. The predicted octanol–water partition coefficient (Wildman–Crippen LogP) is 1.96. The van der Waals surface area contributed by atoms with Crippen molar-refractivity contribution in [2.24, 2.45) is 5.41 Å². The van der Waals surface area contributed by atoms with Crippen LogP contribution in [0.3, 0.4) is 0 Å². The molecule has 1 aromatic rings. The van der Waals surface area contributed by atoms with E-state index in [2.05, 4.69) is 22.0 Å². The van der Waals surface area contributed by atoms with Gasteiger partial charge in [0.05, 0.1) is 17.5 Å². The van der Waals surface area contributed by atoms with E-state index in [1.165, 1.54) is 4.90 Å². The van der Waals surface area contributed by atoms with Crippen LogP contribution < -0.4 is 9.47 Å². The Hall–Kier alpha value is -1.48. The smallest absolute Gasteiger partial charge is 0.261 e. The van der Waals surface area contributed by atoms with Gasteiger partial charge in [0, 0.05) is 23.5 Å². The van der Waals surface area contributed by atoms with Gasteiger partial charge < -0.3 is 19.3 Å². The van der Waals surface area contributed by atoms with Gasteiger partial charge in [-0.25, -0.2) is 0 Å². The Balaban J connectivity index is 1.84. The summed E-state index contributed by atoms with van der Waals surface area (Å²) >= 11 is 8.94. The fourth-order valence-corrected chi connectivity index (χ4v) is 12.4.